The summed E-state index contributed by atoms with van der Waals surface area (Å²) in [5.41, 5.74) is -0.554. The Kier molecular flexibility index (Phi) is 4.08. The zero-order valence-corrected chi connectivity index (χ0v) is 11.9. The van der Waals surface area contributed by atoms with Crippen LogP contribution in [-0.4, -0.2) is 37.2 Å². The SMILES string of the molecule is COc1cc(C(=S)N2CCC2)cc(C(F)(F)F)c1OC. The van der Waals surface area contributed by atoms with Crippen molar-refractivity contribution in [3.05, 3.63) is 23.3 Å². The van der Waals surface area contributed by atoms with Crippen LogP contribution in [-0.2, 0) is 6.18 Å². The number of hydrogen-bond acceptors (Lipinski definition) is 3. The summed E-state index contributed by atoms with van der Waals surface area (Å²) in [5, 5.41) is 0. The van der Waals surface area contributed by atoms with Crippen LogP contribution in [0.25, 0.3) is 0 Å². The molecule has 2 rings (SSSR count). The molecule has 0 N–H and O–H groups in total. The van der Waals surface area contributed by atoms with Crippen LogP contribution in [0.2, 0.25) is 0 Å². The van der Waals surface area contributed by atoms with Gasteiger partial charge in [-0.3, -0.25) is 0 Å². The molecule has 0 unspecified atom stereocenters. The Hall–Kier alpha value is -1.50. The van der Waals surface area contributed by atoms with Crippen LogP contribution < -0.4 is 9.47 Å². The van der Waals surface area contributed by atoms with Crippen molar-refractivity contribution in [2.24, 2.45) is 0 Å². The number of rotatable bonds is 3. The minimum Gasteiger partial charge on any atom is -0.493 e. The molecule has 0 radical (unpaired) electrons. The fraction of sp³-hybridized carbons (Fsp3) is 0.462. The van der Waals surface area contributed by atoms with Crippen LogP contribution in [0.5, 0.6) is 11.5 Å². The van der Waals surface area contributed by atoms with E-state index >= 15 is 0 Å². The summed E-state index contributed by atoms with van der Waals surface area (Å²) in [7, 11) is 2.48. The van der Waals surface area contributed by atoms with E-state index in [1.165, 1.54) is 20.3 Å². The smallest absolute Gasteiger partial charge is 0.420 e. The van der Waals surface area contributed by atoms with Gasteiger partial charge in [0.05, 0.1) is 14.2 Å². The summed E-state index contributed by atoms with van der Waals surface area (Å²) in [5.74, 6) is -0.296. The van der Waals surface area contributed by atoms with Crippen molar-refractivity contribution in [2.75, 3.05) is 27.3 Å². The van der Waals surface area contributed by atoms with E-state index in [0.717, 1.165) is 25.6 Å². The lowest BCUT2D eigenvalue weighted by Gasteiger charge is -2.33. The summed E-state index contributed by atoms with van der Waals surface area (Å²) in [6, 6.07) is 2.50. The molecule has 0 aliphatic carbocycles. The summed E-state index contributed by atoms with van der Waals surface area (Å²) in [4.78, 5) is 2.26. The molecule has 7 heteroatoms. The maximum Gasteiger partial charge on any atom is 0.420 e. The molecule has 1 heterocycles. The number of halogens is 3. The van der Waals surface area contributed by atoms with Gasteiger partial charge in [-0.15, -0.1) is 0 Å². The minimum atomic E-state index is -4.53. The van der Waals surface area contributed by atoms with Crippen molar-refractivity contribution in [3.8, 4) is 11.5 Å². The normalized spacial score (nSPS) is 14.8. The lowest BCUT2D eigenvalue weighted by atomic mass is 10.1. The first-order chi connectivity index (χ1) is 9.38. The number of nitrogens with zero attached hydrogens (tertiary/aromatic N) is 1. The second-order valence-electron chi connectivity index (χ2n) is 4.40. The molecule has 0 bridgehead atoms. The Balaban J connectivity index is 2.51. The lowest BCUT2D eigenvalue weighted by molar-refractivity contribution is -0.138. The van der Waals surface area contributed by atoms with Crippen LogP contribution in [0, 0.1) is 0 Å². The predicted octanol–water partition coefficient (Wildman–Crippen LogP) is 3.10. The summed E-state index contributed by atoms with van der Waals surface area (Å²) < 4.78 is 49.1. The maximum atomic E-state index is 13.1. The Morgan fingerprint density at radius 3 is 2.25 bits per heavy atom. The van der Waals surface area contributed by atoms with Crippen LogP contribution in [0.3, 0.4) is 0 Å². The van der Waals surface area contributed by atoms with Crippen molar-refractivity contribution in [1.29, 1.82) is 0 Å². The first-order valence-electron chi connectivity index (χ1n) is 6.01. The Morgan fingerprint density at radius 1 is 1.20 bits per heavy atom. The highest BCUT2D eigenvalue weighted by molar-refractivity contribution is 7.80. The van der Waals surface area contributed by atoms with E-state index in [1.54, 1.807) is 0 Å². The van der Waals surface area contributed by atoms with Crippen molar-refractivity contribution < 1.29 is 22.6 Å². The zero-order valence-electron chi connectivity index (χ0n) is 11.1. The number of hydrogen-bond donors (Lipinski definition) is 0. The average Bonchev–Trinajstić information content (AvgIpc) is 2.33. The Labute approximate surface area is 120 Å². The third kappa shape index (κ3) is 2.67. The van der Waals surface area contributed by atoms with Crippen molar-refractivity contribution in [3.63, 3.8) is 0 Å². The third-order valence-corrected chi connectivity index (χ3v) is 3.67. The number of benzene rings is 1. The highest BCUT2D eigenvalue weighted by Crippen LogP contribution is 2.42. The number of likely N-dealkylation sites (tertiary alicyclic amines) is 1. The van der Waals surface area contributed by atoms with E-state index in [0.29, 0.717) is 10.6 Å². The van der Waals surface area contributed by atoms with Gasteiger partial charge < -0.3 is 14.4 Å². The van der Waals surface area contributed by atoms with Crippen LogP contribution in [0.15, 0.2) is 12.1 Å². The van der Waals surface area contributed by atoms with Gasteiger partial charge >= 0.3 is 6.18 Å². The lowest BCUT2D eigenvalue weighted by Crippen LogP contribution is -2.41. The maximum absolute atomic E-state index is 13.1. The third-order valence-electron chi connectivity index (χ3n) is 3.17. The van der Waals surface area contributed by atoms with Crippen LogP contribution in [0.4, 0.5) is 13.2 Å². The quantitative estimate of drug-likeness (QED) is 0.800. The molecule has 3 nitrogen and oxygen atoms in total. The molecule has 0 saturated carbocycles. The average molecular weight is 305 g/mol. The van der Waals surface area contributed by atoms with Gasteiger partial charge in [-0.05, 0) is 18.6 Å². The van der Waals surface area contributed by atoms with Gasteiger partial charge in [-0.1, -0.05) is 12.2 Å². The molecule has 1 fully saturated rings. The number of ether oxygens (including phenoxy) is 2. The van der Waals surface area contributed by atoms with Gasteiger partial charge in [0.2, 0.25) is 0 Å². The molecule has 0 amide bonds. The standard InChI is InChI=1S/C13H14F3NO2S/c1-18-10-7-8(12(20)17-4-3-5-17)6-9(11(10)19-2)13(14,15)16/h6-7H,3-5H2,1-2H3. The second kappa shape index (κ2) is 5.47. The van der Waals surface area contributed by atoms with E-state index in [4.69, 9.17) is 21.7 Å². The highest BCUT2D eigenvalue weighted by Gasteiger charge is 2.37. The van der Waals surface area contributed by atoms with Gasteiger partial charge in [0.15, 0.2) is 11.5 Å². The van der Waals surface area contributed by atoms with Gasteiger partial charge in [0.1, 0.15) is 10.6 Å². The molecular weight excluding hydrogens is 291 g/mol. The first kappa shape index (κ1) is 14.9. The fourth-order valence-electron chi connectivity index (χ4n) is 2.00. The number of thiocarbonyl (C=S) groups is 1. The molecule has 1 saturated heterocycles. The highest BCUT2D eigenvalue weighted by atomic mass is 32.1. The topological polar surface area (TPSA) is 21.7 Å². The minimum absolute atomic E-state index is 0.0280. The molecule has 0 spiro atoms. The van der Waals surface area contributed by atoms with Crippen LogP contribution in [0.1, 0.15) is 17.5 Å². The van der Waals surface area contributed by atoms with Crippen LogP contribution >= 0.6 is 12.2 Å². The van der Waals surface area contributed by atoms with Crippen molar-refractivity contribution >= 4 is 17.2 Å². The molecule has 1 aromatic rings. The fourth-order valence-corrected chi connectivity index (χ4v) is 2.30. The molecule has 1 aromatic carbocycles. The van der Waals surface area contributed by atoms with Gasteiger partial charge in [0, 0.05) is 18.7 Å². The molecule has 20 heavy (non-hydrogen) atoms. The van der Waals surface area contributed by atoms with Crippen molar-refractivity contribution in [2.45, 2.75) is 12.6 Å². The molecular formula is C13H14F3NO2S. The molecule has 1 aliphatic rings. The number of alkyl halides is 3. The Bertz CT molecular complexity index is 527. The second-order valence-corrected chi connectivity index (χ2v) is 4.79. The first-order valence-corrected chi connectivity index (χ1v) is 6.41. The number of methoxy groups -OCH3 is 2. The van der Waals surface area contributed by atoms with E-state index in [1.807, 2.05) is 4.90 Å². The Morgan fingerprint density at radius 2 is 1.85 bits per heavy atom. The summed E-state index contributed by atoms with van der Waals surface area (Å²) >= 11 is 5.23. The molecule has 0 atom stereocenters. The monoisotopic (exact) mass is 305 g/mol. The van der Waals surface area contributed by atoms with E-state index < -0.39 is 11.7 Å². The van der Waals surface area contributed by atoms with E-state index in [9.17, 15) is 13.2 Å². The van der Waals surface area contributed by atoms with Gasteiger partial charge in [-0.25, -0.2) is 0 Å². The summed E-state index contributed by atoms with van der Waals surface area (Å²) in [6.45, 7) is 1.54. The summed E-state index contributed by atoms with van der Waals surface area (Å²) in [6.07, 6.45) is -3.53. The largest absolute Gasteiger partial charge is 0.493 e. The van der Waals surface area contributed by atoms with E-state index in [2.05, 4.69) is 0 Å². The van der Waals surface area contributed by atoms with Gasteiger partial charge in [-0.2, -0.15) is 13.2 Å². The molecule has 110 valence electrons. The predicted molar refractivity (Wildman–Crippen MR) is 72.4 cm³/mol. The molecule has 0 aromatic heterocycles. The zero-order chi connectivity index (χ0) is 14.9. The van der Waals surface area contributed by atoms with Crippen molar-refractivity contribution in [1.82, 2.24) is 4.90 Å². The molecule has 1 aliphatic heterocycles. The van der Waals surface area contributed by atoms with Gasteiger partial charge in [0.25, 0.3) is 0 Å². The van der Waals surface area contributed by atoms with E-state index in [-0.39, 0.29) is 11.5 Å².